The molecule has 0 bridgehead atoms. The normalized spacial score (nSPS) is 23.4. The number of hydrogen-bond acceptors (Lipinski definition) is 3. The first-order valence-electron chi connectivity index (χ1n) is 7.47. The predicted molar refractivity (Wildman–Crippen MR) is 79.0 cm³/mol. The molecule has 3 nitrogen and oxygen atoms in total. The Morgan fingerprint density at radius 2 is 2.21 bits per heavy atom. The quantitative estimate of drug-likeness (QED) is 0.881. The van der Waals surface area contributed by atoms with Crippen molar-refractivity contribution in [3.8, 4) is 5.75 Å². The molecule has 1 aromatic rings. The van der Waals surface area contributed by atoms with Crippen LogP contribution in [0.5, 0.6) is 5.75 Å². The highest BCUT2D eigenvalue weighted by Gasteiger charge is 2.24. The summed E-state index contributed by atoms with van der Waals surface area (Å²) >= 11 is 0. The van der Waals surface area contributed by atoms with Gasteiger partial charge in [0.25, 0.3) is 0 Å². The summed E-state index contributed by atoms with van der Waals surface area (Å²) < 4.78 is 5.32. The Labute approximate surface area is 115 Å². The van der Waals surface area contributed by atoms with Gasteiger partial charge in [0.05, 0.1) is 7.11 Å². The number of hydrogen-bond donors (Lipinski definition) is 1. The Morgan fingerprint density at radius 3 is 3.00 bits per heavy atom. The van der Waals surface area contributed by atoms with Crippen LogP contribution in [0, 0.1) is 5.92 Å². The molecule has 1 N–H and O–H groups in total. The average molecular weight is 260 g/mol. The lowest BCUT2D eigenvalue weighted by Crippen LogP contribution is -2.46. The molecule has 3 rings (SSSR count). The molecule has 1 aliphatic heterocycles. The van der Waals surface area contributed by atoms with Crippen molar-refractivity contribution in [2.45, 2.75) is 31.7 Å². The van der Waals surface area contributed by atoms with E-state index in [1.165, 1.54) is 37.9 Å². The van der Waals surface area contributed by atoms with Crippen molar-refractivity contribution in [3.05, 3.63) is 24.3 Å². The van der Waals surface area contributed by atoms with E-state index in [1.807, 2.05) is 6.07 Å². The van der Waals surface area contributed by atoms with Gasteiger partial charge in [-0.2, -0.15) is 0 Å². The van der Waals surface area contributed by atoms with Gasteiger partial charge in [-0.05, 0) is 50.3 Å². The largest absolute Gasteiger partial charge is 0.497 e. The van der Waals surface area contributed by atoms with E-state index in [-0.39, 0.29) is 0 Å². The molecule has 1 saturated heterocycles. The average Bonchev–Trinajstić information content (AvgIpc) is 3.30. The molecule has 1 aliphatic carbocycles. The third-order valence-corrected chi connectivity index (χ3v) is 4.23. The van der Waals surface area contributed by atoms with Crippen LogP contribution in [0.1, 0.15) is 25.7 Å². The first-order valence-corrected chi connectivity index (χ1v) is 7.47. The van der Waals surface area contributed by atoms with Crippen molar-refractivity contribution < 1.29 is 4.74 Å². The lowest BCUT2D eigenvalue weighted by atomic mass is 10.0. The summed E-state index contributed by atoms with van der Waals surface area (Å²) in [5, 5.41) is 3.74. The standard InChI is InChI=1S/C16H24N2O/c1-19-16-6-2-5-15(10-16)18-9-3-4-14(12-18)17-11-13-7-8-13/h2,5-6,10,13-14,17H,3-4,7-9,11-12H2,1H3. The highest BCUT2D eigenvalue weighted by atomic mass is 16.5. The van der Waals surface area contributed by atoms with Gasteiger partial charge >= 0.3 is 0 Å². The van der Waals surface area contributed by atoms with Crippen LogP contribution in [-0.4, -0.2) is 32.8 Å². The van der Waals surface area contributed by atoms with Crippen molar-refractivity contribution in [3.63, 3.8) is 0 Å². The molecule has 3 heteroatoms. The Balaban J connectivity index is 1.59. The van der Waals surface area contributed by atoms with Gasteiger partial charge in [0.15, 0.2) is 0 Å². The Hall–Kier alpha value is -1.22. The molecule has 1 heterocycles. The minimum Gasteiger partial charge on any atom is -0.497 e. The summed E-state index contributed by atoms with van der Waals surface area (Å²) in [6.45, 7) is 3.51. The second-order valence-electron chi connectivity index (χ2n) is 5.84. The monoisotopic (exact) mass is 260 g/mol. The zero-order valence-corrected chi connectivity index (χ0v) is 11.8. The number of nitrogens with one attached hydrogen (secondary N) is 1. The fraction of sp³-hybridized carbons (Fsp3) is 0.625. The Bertz CT molecular complexity index is 417. The maximum Gasteiger partial charge on any atom is 0.120 e. The SMILES string of the molecule is COc1cccc(N2CCCC(NCC3CC3)C2)c1. The molecular weight excluding hydrogens is 236 g/mol. The van der Waals surface area contributed by atoms with Crippen LogP contribution < -0.4 is 15.0 Å². The highest BCUT2D eigenvalue weighted by Crippen LogP contribution is 2.28. The van der Waals surface area contributed by atoms with Gasteiger partial charge in [-0.25, -0.2) is 0 Å². The summed E-state index contributed by atoms with van der Waals surface area (Å²) in [4.78, 5) is 2.48. The summed E-state index contributed by atoms with van der Waals surface area (Å²) in [5.41, 5.74) is 1.29. The van der Waals surface area contributed by atoms with E-state index >= 15 is 0 Å². The molecule has 2 fully saturated rings. The van der Waals surface area contributed by atoms with Crippen molar-refractivity contribution in [2.75, 3.05) is 31.6 Å². The number of benzene rings is 1. The minimum atomic E-state index is 0.653. The van der Waals surface area contributed by atoms with Crippen LogP contribution in [0.25, 0.3) is 0 Å². The number of anilines is 1. The number of rotatable bonds is 5. The van der Waals surface area contributed by atoms with Crippen molar-refractivity contribution in [1.29, 1.82) is 0 Å². The van der Waals surface area contributed by atoms with E-state index in [1.54, 1.807) is 7.11 Å². The fourth-order valence-electron chi connectivity index (χ4n) is 2.84. The Kier molecular flexibility index (Phi) is 3.92. The second-order valence-corrected chi connectivity index (χ2v) is 5.84. The van der Waals surface area contributed by atoms with Gasteiger partial charge in [-0.15, -0.1) is 0 Å². The molecule has 104 valence electrons. The molecule has 0 spiro atoms. The maximum absolute atomic E-state index is 5.32. The molecule has 19 heavy (non-hydrogen) atoms. The summed E-state index contributed by atoms with van der Waals surface area (Å²) in [5.74, 6) is 1.91. The van der Waals surface area contributed by atoms with Gasteiger partial charge in [-0.1, -0.05) is 6.07 Å². The van der Waals surface area contributed by atoms with E-state index in [0.717, 1.165) is 24.8 Å². The van der Waals surface area contributed by atoms with Gasteiger partial charge in [0.1, 0.15) is 5.75 Å². The lowest BCUT2D eigenvalue weighted by Gasteiger charge is -2.35. The zero-order valence-electron chi connectivity index (χ0n) is 11.8. The predicted octanol–water partition coefficient (Wildman–Crippen LogP) is 2.66. The molecule has 1 atom stereocenters. The molecule has 2 aliphatic rings. The van der Waals surface area contributed by atoms with Gasteiger partial charge in [0, 0.05) is 30.9 Å². The maximum atomic E-state index is 5.32. The fourth-order valence-corrected chi connectivity index (χ4v) is 2.84. The molecule has 1 saturated carbocycles. The van der Waals surface area contributed by atoms with Gasteiger partial charge < -0.3 is 15.0 Å². The molecule has 1 unspecified atom stereocenters. The van der Waals surface area contributed by atoms with Crippen LogP contribution >= 0.6 is 0 Å². The third kappa shape index (κ3) is 3.41. The van der Waals surface area contributed by atoms with Crippen LogP contribution in [0.4, 0.5) is 5.69 Å². The molecule has 0 radical (unpaired) electrons. The van der Waals surface area contributed by atoms with E-state index < -0.39 is 0 Å². The highest BCUT2D eigenvalue weighted by molar-refractivity contribution is 5.51. The number of ether oxygens (including phenoxy) is 1. The topological polar surface area (TPSA) is 24.5 Å². The summed E-state index contributed by atoms with van der Waals surface area (Å²) in [6, 6.07) is 9.07. The Morgan fingerprint density at radius 1 is 1.32 bits per heavy atom. The van der Waals surface area contributed by atoms with Crippen LogP contribution in [-0.2, 0) is 0 Å². The molecule has 0 amide bonds. The summed E-state index contributed by atoms with van der Waals surface area (Å²) in [7, 11) is 1.73. The van der Waals surface area contributed by atoms with Crippen molar-refractivity contribution in [2.24, 2.45) is 5.92 Å². The van der Waals surface area contributed by atoms with E-state index in [4.69, 9.17) is 4.74 Å². The molecular formula is C16H24N2O. The molecule has 0 aromatic heterocycles. The van der Waals surface area contributed by atoms with Crippen LogP contribution in [0.15, 0.2) is 24.3 Å². The summed E-state index contributed by atoms with van der Waals surface area (Å²) in [6.07, 6.45) is 5.45. The third-order valence-electron chi connectivity index (χ3n) is 4.23. The van der Waals surface area contributed by atoms with Gasteiger partial charge in [0.2, 0.25) is 0 Å². The van der Waals surface area contributed by atoms with E-state index in [9.17, 15) is 0 Å². The first kappa shape index (κ1) is 12.8. The van der Waals surface area contributed by atoms with Gasteiger partial charge in [-0.3, -0.25) is 0 Å². The smallest absolute Gasteiger partial charge is 0.120 e. The van der Waals surface area contributed by atoms with Crippen LogP contribution in [0.3, 0.4) is 0 Å². The molecule has 1 aromatic carbocycles. The number of methoxy groups -OCH3 is 1. The lowest BCUT2D eigenvalue weighted by molar-refractivity contribution is 0.409. The number of nitrogens with zero attached hydrogens (tertiary/aromatic N) is 1. The van der Waals surface area contributed by atoms with Crippen LogP contribution in [0.2, 0.25) is 0 Å². The zero-order chi connectivity index (χ0) is 13.1. The minimum absolute atomic E-state index is 0.653. The number of piperidine rings is 1. The first-order chi connectivity index (χ1) is 9.35. The van der Waals surface area contributed by atoms with Crippen molar-refractivity contribution in [1.82, 2.24) is 5.32 Å². The van der Waals surface area contributed by atoms with E-state index in [0.29, 0.717) is 6.04 Å². The van der Waals surface area contributed by atoms with E-state index in [2.05, 4.69) is 28.4 Å². The second kappa shape index (κ2) is 5.83. The van der Waals surface area contributed by atoms with Crippen molar-refractivity contribution >= 4 is 5.69 Å².